The second-order valence-corrected chi connectivity index (χ2v) is 5.69. The summed E-state index contributed by atoms with van der Waals surface area (Å²) < 4.78 is 0. The van der Waals surface area contributed by atoms with Crippen molar-refractivity contribution >= 4 is 11.5 Å². The van der Waals surface area contributed by atoms with Crippen molar-refractivity contribution in [3.63, 3.8) is 0 Å². The molecule has 0 amide bonds. The van der Waals surface area contributed by atoms with Crippen LogP contribution in [-0.2, 0) is 0 Å². The van der Waals surface area contributed by atoms with E-state index in [1.165, 1.54) is 12.8 Å². The van der Waals surface area contributed by atoms with E-state index in [4.69, 9.17) is 10.7 Å². The first-order valence-corrected chi connectivity index (χ1v) is 6.87. The summed E-state index contributed by atoms with van der Waals surface area (Å²) in [5.41, 5.74) is 8.01. The summed E-state index contributed by atoms with van der Waals surface area (Å²) in [5, 5.41) is 0. The Morgan fingerprint density at radius 3 is 2.72 bits per heavy atom. The zero-order valence-electron chi connectivity index (χ0n) is 11.3. The zero-order valence-corrected chi connectivity index (χ0v) is 11.3. The van der Waals surface area contributed by atoms with E-state index >= 15 is 0 Å². The Labute approximate surface area is 109 Å². The number of piperazine rings is 1. The predicted octanol–water partition coefficient (Wildman–Crippen LogP) is 1.68. The van der Waals surface area contributed by atoms with Crippen LogP contribution in [0.25, 0.3) is 0 Å². The molecule has 2 heterocycles. The molecule has 98 valence electrons. The van der Waals surface area contributed by atoms with E-state index in [1.54, 1.807) is 0 Å². The van der Waals surface area contributed by atoms with Gasteiger partial charge in [0.25, 0.3) is 0 Å². The van der Waals surface area contributed by atoms with E-state index in [2.05, 4.69) is 29.8 Å². The lowest BCUT2D eigenvalue weighted by Gasteiger charge is -2.38. The zero-order chi connectivity index (χ0) is 12.7. The van der Waals surface area contributed by atoms with Crippen molar-refractivity contribution in [1.29, 1.82) is 0 Å². The number of aromatic nitrogens is 1. The Kier molecular flexibility index (Phi) is 2.90. The van der Waals surface area contributed by atoms with E-state index in [0.717, 1.165) is 36.8 Å². The van der Waals surface area contributed by atoms with Crippen LogP contribution in [0.4, 0.5) is 11.5 Å². The van der Waals surface area contributed by atoms with Crippen LogP contribution in [0.1, 0.15) is 31.4 Å². The van der Waals surface area contributed by atoms with Gasteiger partial charge in [-0.25, -0.2) is 4.98 Å². The standard InChI is InChI=1S/C14H22N4/c1-10-9-18(8-7-17(10)2)13-6-5-12(15)14(16-13)11-3-4-11/h5-6,10-11H,3-4,7-9,15H2,1-2H3/t10-/m1/s1. The van der Waals surface area contributed by atoms with Crippen molar-refractivity contribution in [2.45, 2.75) is 31.7 Å². The highest BCUT2D eigenvalue weighted by molar-refractivity contribution is 5.53. The number of nitrogens with two attached hydrogens (primary N) is 1. The van der Waals surface area contributed by atoms with Gasteiger partial charge in [-0.05, 0) is 38.9 Å². The first-order valence-electron chi connectivity index (χ1n) is 6.87. The lowest BCUT2D eigenvalue weighted by Crippen LogP contribution is -2.50. The largest absolute Gasteiger partial charge is 0.397 e. The molecule has 0 unspecified atom stereocenters. The number of anilines is 2. The summed E-state index contributed by atoms with van der Waals surface area (Å²) >= 11 is 0. The van der Waals surface area contributed by atoms with Crippen LogP contribution in [0, 0.1) is 0 Å². The maximum atomic E-state index is 6.02. The number of nitrogen functional groups attached to an aromatic ring is 1. The Morgan fingerprint density at radius 2 is 2.06 bits per heavy atom. The number of hydrogen-bond donors (Lipinski definition) is 1. The summed E-state index contributed by atoms with van der Waals surface area (Å²) in [4.78, 5) is 9.58. The van der Waals surface area contributed by atoms with Crippen molar-refractivity contribution in [2.24, 2.45) is 0 Å². The highest BCUT2D eigenvalue weighted by Crippen LogP contribution is 2.42. The van der Waals surface area contributed by atoms with Gasteiger partial charge >= 0.3 is 0 Å². The second-order valence-electron chi connectivity index (χ2n) is 5.69. The third-order valence-electron chi connectivity index (χ3n) is 4.19. The minimum absolute atomic E-state index is 0.586. The van der Waals surface area contributed by atoms with Crippen LogP contribution in [0.15, 0.2) is 12.1 Å². The Hall–Kier alpha value is -1.29. The molecular formula is C14H22N4. The van der Waals surface area contributed by atoms with Gasteiger partial charge in [-0.15, -0.1) is 0 Å². The van der Waals surface area contributed by atoms with Crippen molar-refractivity contribution in [1.82, 2.24) is 9.88 Å². The number of pyridine rings is 1. The summed E-state index contributed by atoms with van der Waals surface area (Å²) in [6.45, 7) is 5.48. The van der Waals surface area contributed by atoms with E-state index in [9.17, 15) is 0 Å². The summed E-state index contributed by atoms with van der Waals surface area (Å²) in [5.74, 6) is 1.72. The van der Waals surface area contributed by atoms with Crippen LogP contribution in [0.2, 0.25) is 0 Å². The molecular weight excluding hydrogens is 224 g/mol. The van der Waals surface area contributed by atoms with E-state index in [-0.39, 0.29) is 0 Å². The third-order valence-corrected chi connectivity index (χ3v) is 4.19. The minimum Gasteiger partial charge on any atom is -0.397 e. The normalized spacial score (nSPS) is 25.4. The van der Waals surface area contributed by atoms with Gasteiger partial charge in [0.1, 0.15) is 5.82 Å². The Balaban J connectivity index is 1.81. The molecule has 0 bridgehead atoms. The number of likely N-dealkylation sites (N-methyl/N-ethyl adjacent to an activating group) is 1. The van der Waals surface area contributed by atoms with Crippen molar-refractivity contribution in [2.75, 3.05) is 37.3 Å². The molecule has 18 heavy (non-hydrogen) atoms. The molecule has 1 saturated carbocycles. The molecule has 4 nitrogen and oxygen atoms in total. The van der Waals surface area contributed by atoms with Crippen molar-refractivity contribution in [3.8, 4) is 0 Å². The number of rotatable bonds is 2. The highest BCUT2D eigenvalue weighted by Gasteiger charge is 2.28. The first kappa shape index (κ1) is 11.8. The van der Waals surface area contributed by atoms with Gasteiger partial charge in [-0.2, -0.15) is 0 Å². The Bertz CT molecular complexity index is 441. The van der Waals surface area contributed by atoms with Gasteiger partial charge < -0.3 is 15.5 Å². The van der Waals surface area contributed by atoms with Gasteiger partial charge in [0.15, 0.2) is 0 Å². The van der Waals surface area contributed by atoms with Crippen LogP contribution in [0.3, 0.4) is 0 Å². The molecule has 2 N–H and O–H groups in total. The molecule has 1 aliphatic heterocycles. The first-order chi connectivity index (χ1) is 8.65. The number of hydrogen-bond acceptors (Lipinski definition) is 4. The molecule has 0 aromatic carbocycles. The van der Waals surface area contributed by atoms with Crippen LogP contribution in [0.5, 0.6) is 0 Å². The number of nitrogens with zero attached hydrogens (tertiary/aromatic N) is 3. The molecule has 1 saturated heterocycles. The lowest BCUT2D eigenvalue weighted by molar-refractivity contribution is 0.233. The fourth-order valence-electron chi connectivity index (χ4n) is 2.59. The summed E-state index contributed by atoms with van der Waals surface area (Å²) in [6, 6.07) is 4.68. The van der Waals surface area contributed by atoms with E-state index in [1.807, 2.05) is 6.07 Å². The van der Waals surface area contributed by atoms with Gasteiger partial charge in [-0.3, -0.25) is 0 Å². The maximum absolute atomic E-state index is 6.02. The monoisotopic (exact) mass is 246 g/mol. The smallest absolute Gasteiger partial charge is 0.129 e. The summed E-state index contributed by atoms with van der Waals surface area (Å²) in [7, 11) is 2.19. The van der Waals surface area contributed by atoms with E-state index < -0.39 is 0 Å². The molecule has 1 aromatic rings. The van der Waals surface area contributed by atoms with Gasteiger partial charge in [0.05, 0.1) is 11.4 Å². The van der Waals surface area contributed by atoms with Crippen LogP contribution < -0.4 is 10.6 Å². The molecule has 2 aliphatic rings. The third kappa shape index (κ3) is 2.17. The quantitative estimate of drug-likeness (QED) is 0.862. The average Bonchev–Trinajstić information content (AvgIpc) is 3.18. The molecule has 0 radical (unpaired) electrons. The van der Waals surface area contributed by atoms with Gasteiger partial charge in [-0.1, -0.05) is 0 Å². The highest BCUT2D eigenvalue weighted by atomic mass is 15.3. The molecule has 2 fully saturated rings. The molecule has 3 rings (SSSR count). The molecule has 0 spiro atoms. The van der Waals surface area contributed by atoms with Gasteiger partial charge in [0.2, 0.25) is 0 Å². The molecule has 4 heteroatoms. The van der Waals surface area contributed by atoms with E-state index in [0.29, 0.717) is 12.0 Å². The lowest BCUT2D eigenvalue weighted by atomic mass is 10.2. The fourth-order valence-corrected chi connectivity index (χ4v) is 2.59. The second kappa shape index (κ2) is 4.43. The molecule has 1 aliphatic carbocycles. The molecule has 1 atom stereocenters. The SMILES string of the molecule is C[C@@H]1CN(c2ccc(N)c(C3CC3)n2)CCN1C. The Morgan fingerprint density at radius 1 is 1.28 bits per heavy atom. The topological polar surface area (TPSA) is 45.4 Å². The van der Waals surface area contributed by atoms with Crippen molar-refractivity contribution in [3.05, 3.63) is 17.8 Å². The van der Waals surface area contributed by atoms with Crippen LogP contribution >= 0.6 is 0 Å². The van der Waals surface area contributed by atoms with Crippen LogP contribution in [-0.4, -0.2) is 42.6 Å². The minimum atomic E-state index is 0.586. The van der Waals surface area contributed by atoms with Crippen molar-refractivity contribution < 1.29 is 0 Å². The predicted molar refractivity (Wildman–Crippen MR) is 74.9 cm³/mol. The summed E-state index contributed by atoms with van der Waals surface area (Å²) in [6.07, 6.45) is 2.50. The molecule has 1 aromatic heterocycles. The van der Waals surface area contributed by atoms with Gasteiger partial charge in [0, 0.05) is 31.6 Å². The average molecular weight is 246 g/mol. The fraction of sp³-hybridized carbons (Fsp3) is 0.643. The maximum Gasteiger partial charge on any atom is 0.129 e.